The van der Waals surface area contributed by atoms with Gasteiger partial charge in [-0.2, -0.15) is 0 Å². The van der Waals surface area contributed by atoms with Gasteiger partial charge in [-0.15, -0.1) is 0 Å². The molecule has 0 unspecified atom stereocenters. The maximum atomic E-state index is 12.3. The van der Waals surface area contributed by atoms with Crippen molar-refractivity contribution in [2.75, 3.05) is 5.32 Å². The minimum atomic E-state index is -0.327. The summed E-state index contributed by atoms with van der Waals surface area (Å²) in [5.74, 6) is -0.179. The van der Waals surface area contributed by atoms with Gasteiger partial charge in [0.1, 0.15) is 0 Å². The van der Waals surface area contributed by atoms with E-state index in [0.717, 1.165) is 18.4 Å². The highest BCUT2D eigenvalue weighted by Crippen LogP contribution is 2.21. The van der Waals surface area contributed by atoms with Crippen molar-refractivity contribution in [2.24, 2.45) is 0 Å². The molecule has 2 aromatic rings. The lowest BCUT2D eigenvalue weighted by Crippen LogP contribution is -2.32. The molecular weight excluding hydrogens is 292 g/mol. The standard InChI is InChI=1S/C18H20N2O3/c1-12-8-9-13(17(21)19-14-5-2-3-6-14)11-15(12)20-18(22)16-7-4-10-23-16/h4,7-11,14H,2-3,5-6H2,1H3,(H,19,21)(H,20,22). The largest absolute Gasteiger partial charge is 0.459 e. The number of anilines is 1. The highest BCUT2D eigenvalue weighted by molar-refractivity contribution is 6.03. The molecule has 0 spiro atoms. The summed E-state index contributed by atoms with van der Waals surface area (Å²) in [6.07, 6.45) is 5.87. The zero-order chi connectivity index (χ0) is 16.2. The number of amides is 2. The van der Waals surface area contributed by atoms with Gasteiger partial charge < -0.3 is 15.1 Å². The second kappa shape index (κ2) is 6.69. The lowest BCUT2D eigenvalue weighted by atomic mass is 10.1. The molecule has 0 atom stereocenters. The Kier molecular flexibility index (Phi) is 4.46. The average molecular weight is 312 g/mol. The van der Waals surface area contributed by atoms with E-state index in [1.807, 2.05) is 13.0 Å². The third kappa shape index (κ3) is 3.62. The van der Waals surface area contributed by atoms with Gasteiger partial charge in [0.15, 0.2) is 5.76 Å². The zero-order valence-electron chi connectivity index (χ0n) is 13.1. The van der Waals surface area contributed by atoms with Crippen molar-refractivity contribution < 1.29 is 14.0 Å². The van der Waals surface area contributed by atoms with Gasteiger partial charge in [-0.25, -0.2) is 0 Å². The van der Waals surface area contributed by atoms with Crippen LogP contribution in [0.1, 0.15) is 52.2 Å². The Morgan fingerprint density at radius 3 is 2.61 bits per heavy atom. The number of furan rings is 1. The predicted octanol–water partition coefficient (Wildman–Crippen LogP) is 3.51. The van der Waals surface area contributed by atoms with Gasteiger partial charge in [-0.1, -0.05) is 18.9 Å². The van der Waals surface area contributed by atoms with E-state index in [4.69, 9.17) is 4.42 Å². The van der Waals surface area contributed by atoms with E-state index in [1.54, 1.807) is 24.3 Å². The van der Waals surface area contributed by atoms with Crippen molar-refractivity contribution in [3.63, 3.8) is 0 Å². The molecule has 120 valence electrons. The minimum Gasteiger partial charge on any atom is -0.459 e. The maximum Gasteiger partial charge on any atom is 0.291 e. The summed E-state index contributed by atoms with van der Waals surface area (Å²) in [4.78, 5) is 24.4. The third-order valence-corrected chi connectivity index (χ3v) is 4.18. The summed E-state index contributed by atoms with van der Waals surface area (Å²) in [5, 5.41) is 5.84. The Hall–Kier alpha value is -2.56. The Balaban J connectivity index is 1.73. The van der Waals surface area contributed by atoms with Gasteiger partial charge in [0.2, 0.25) is 0 Å². The van der Waals surface area contributed by atoms with E-state index in [9.17, 15) is 9.59 Å². The Morgan fingerprint density at radius 2 is 1.91 bits per heavy atom. The van der Waals surface area contributed by atoms with Gasteiger partial charge in [0, 0.05) is 17.3 Å². The van der Waals surface area contributed by atoms with E-state index in [2.05, 4.69) is 10.6 Å². The van der Waals surface area contributed by atoms with Crippen molar-refractivity contribution in [1.29, 1.82) is 0 Å². The number of rotatable bonds is 4. The lowest BCUT2D eigenvalue weighted by Gasteiger charge is -2.13. The zero-order valence-corrected chi connectivity index (χ0v) is 13.1. The molecule has 0 bridgehead atoms. The highest BCUT2D eigenvalue weighted by Gasteiger charge is 2.19. The normalized spacial score (nSPS) is 14.7. The molecule has 0 radical (unpaired) electrons. The summed E-state index contributed by atoms with van der Waals surface area (Å²) in [5.41, 5.74) is 2.06. The Morgan fingerprint density at radius 1 is 1.13 bits per heavy atom. The smallest absolute Gasteiger partial charge is 0.291 e. The second-order valence-corrected chi connectivity index (χ2v) is 5.92. The summed E-state index contributed by atoms with van der Waals surface area (Å²) < 4.78 is 5.08. The van der Waals surface area contributed by atoms with Crippen LogP contribution in [0.3, 0.4) is 0 Å². The van der Waals surface area contributed by atoms with Crippen LogP contribution in [-0.4, -0.2) is 17.9 Å². The van der Waals surface area contributed by atoms with Crippen molar-refractivity contribution in [1.82, 2.24) is 5.32 Å². The van der Waals surface area contributed by atoms with Crippen molar-refractivity contribution in [2.45, 2.75) is 38.6 Å². The van der Waals surface area contributed by atoms with Gasteiger partial charge >= 0.3 is 0 Å². The summed E-state index contributed by atoms with van der Waals surface area (Å²) in [7, 11) is 0. The van der Waals surface area contributed by atoms with Crippen LogP contribution in [0.2, 0.25) is 0 Å². The molecule has 0 aliphatic heterocycles. The fourth-order valence-electron chi connectivity index (χ4n) is 2.83. The molecule has 1 aromatic carbocycles. The van der Waals surface area contributed by atoms with Crippen molar-refractivity contribution in [3.8, 4) is 0 Å². The molecular formula is C18H20N2O3. The van der Waals surface area contributed by atoms with Crippen LogP contribution in [0.25, 0.3) is 0 Å². The first-order chi connectivity index (χ1) is 11.1. The number of carbonyl (C=O) groups excluding carboxylic acids is 2. The molecule has 23 heavy (non-hydrogen) atoms. The highest BCUT2D eigenvalue weighted by atomic mass is 16.3. The SMILES string of the molecule is Cc1ccc(C(=O)NC2CCCC2)cc1NC(=O)c1ccco1. The van der Waals surface area contributed by atoms with Crippen molar-refractivity contribution >= 4 is 17.5 Å². The lowest BCUT2D eigenvalue weighted by molar-refractivity contribution is 0.0936. The first kappa shape index (κ1) is 15.3. The Labute approximate surface area is 135 Å². The van der Waals surface area contributed by atoms with Crippen LogP contribution >= 0.6 is 0 Å². The molecule has 1 heterocycles. The van der Waals surface area contributed by atoms with E-state index in [-0.39, 0.29) is 23.6 Å². The van der Waals surface area contributed by atoms with Crippen LogP contribution < -0.4 is 10.6 Å². The molecule has 2 amide bonds. The summed E-state index contributed by atoms with van der Waals surface area (Å²) in [6, 6.07) is 8.85. The maximum absolute atomic E-state index is 12.3. The number of benzene rings is 1. The predicted molar refractivity (Wildman–Crippen MR) is 87.6 cm³/mol. The molecule has 0 saturated heterocycles. The molecule has 1 aliphatic carbocycles. The van der Waals surface area contributed by atoms with Crippen LogP contribution in [0.5, 0.6) is 0 Å². The number of nitrogens with one attached hydrogen (secondary N) is 2. The number of carbonyl (C=O) groups is 2. The topological polar surface area (TPSA) is 71.3 Å². The van der Waals surface area contributed by atoms with E-state index in [0.29, 0.717) is 11.3 Å². The summed E-state index contributed by atoms with van der Waals surface area (Å²) in [6.45, 7) is 1.89. The Bertz CT molecular complexity index is 701. The van der Waals surface area contributed by atoms with E-state index < -0.39 is 0 Å². The molecule has 3 rings (SSSR count). The molecule has 1 aliphatic rings. The fraction of sp³-hybridized carbons (Fsp3) is 0.333. The van der Waals surface area contributed by atoms with Crippen LogP contribution in [-0.2, 0) is 0 Å². The number of hydrogen-bond donors (Lipinski definition) is 2. The van der Waals surface area contributed by atoms with Crippen molar-refractivity contribution in [3.05, 3.63) is 53.5 Å². The minimum absolute atomic E-state index is 0.0922. The monoisotopic (exact) mass is 312 g/mol. The number of hydrogen-bond acceptors (Lipinski definition) is 3. The molecule has 1 fully saturated rings. The van der Waals surface area contributed by atoms with Gasteiger partial charge in [-0.05, 0) is 49.6 Å². The fourth-order valence-corrected chi connectivity index (χ4v) is 2.83. The van der Waals surface area contributed by atoms with Gasteiger partial charge in [-0.3, -0.25) is 9.59 Å². The molecule has 5 nitrogen and oxygen atoms in total. The second-order valence-electron chi connectivity index (χ2n) is 5.92. The van der Waals surface area contributed by atoms with Crippen LogP contribution in [0.15, 0.2) is 41.0 Å². The van der Waals surface area contributed by atoms with Gasteiger partial charge in [0.05, 0.1) is 6.26 Å². The van der Waals surface area contributed by atoms with E-state index in [1.165, 1.54) is 19.1 Å². The third-order valence-electron chi connectivity index (χ3n) is 4.18. The van der Waals surface area contributed by atoms with Crippen LogP contribution in [0.4, 0.5) is 5.69 Å². The summed E-state index contributed by atoms with van der Waals surface area (Å²) >= 11 is 0. The molecule has 1 aromatic heterocycles. The first-order valence-corrected chi connectivity index (χ1v) is 7.90. The molecule has 1 saturated carbocycles. The van der Waals surface area contributed by atoms with E-state index >= 15 is 0 Å². The van der Waals surface area contributed by atoms with Gasteiger partial charge in [0.25, 0.3) is 11.8 Å². The van der Waals surface area contributed by atoms with Crippen LogP contribution in [0, 0.1) is 6.92 Å². The first-order valence-electron chi connectivity index (χ1n) is 7.90. The number of aryl methyl sites for hydroxylation is 1. The average Bonchev–Trinajstić information content (AvgIpc) is 3.22. The molecule has 5 heteroatoms. The molecule has 2 N–H and O–H groups in total. The quantitative estimate of drug-likeness (QED) is 0.907.